The Hall–Kier alpha value is -2.08. The second kappa shape index (κ2) is 8.68. The number of hydrogen-bond acceptors (Lipinski definition) is 4. The molecule has 1 heterocycles. The second-order valence-corrected chi connectivity index (χ2v) is 6.31. The van der Waals surface area contributed by atoms with Crippen LogP contribution in [-0.2, 0) is 16.1 Å². The molecule has 2 atom stereocenters. The largest absolute Gasteiger partial charge is 0.484 e. The van der Waals surface area contributed by atoms with E-state index in [4.69, 9.17) is 10.5 Å². The van der Waals surface area contributed by atoms with Crippen LogP contribution in [0.1, 0.15) is 32.3 Å². The van der Waals surface area contributed by atoms with Gasteiger partial charge >= 0.3 is 0 Å². The highest BCUT2D eigenvalue weighted by Gasteiger charge is 2.28. The van der Waals surface area contributed by atoms with Gasteiger partial charge in [-0.15, -0.1) is 0 Å². The molecule has 0 aliphatic carbocycles. The zero-order valence-corrected chi connectivity index (χ0v) is 14.5. The molecule has 1 aliphatic rings. The number of hydrogen-bond donors (Lipinski definition) is 2. The van der Waals surface area contributed by atoms with Gasteiger partial charge in [-0.3, -0.25) is 9.59 Å². The van der Waals surface area contributed by atoms with Gasteiger partial charge in [-0.1, -0.05) is 25.5 Å². The summed E-state index contributed by atoms with van der Waals surface area (Å²) in [5.74, 6) is 0.807. The molecule has 0 spiro atoms. The maximum atomic E-state index is 11.5. The minimum atomic E-state index is -0.483. The van der Waals surface area contributed by atoms with Gasteiger partial charge < -0.3 is 20.7 Å². The molecule has 0 saturated carbocycles. The monoisotopic (exact) mass is 333 g/mol. The Balaban J connectivity index is 1.84. The summed E-state index contributed by atoms with van der Waals surface area (Å²) in [5.41, 5.74) is 6.21. The molecule has 1 aromatic carbocycles. The number of amides is 2. The smallest absolute Gasteiger partial charge is 0.255 e. The number of nitrogens with two attached hydrogens (primary N) is 1. The molecule has 2 rings (SSSR count). The highest BCUT2D eigenvalue weighted by Crippen LogP contribution is 2.21. The lowest BCUT2D eigenvalue weighted by Gasteiger charge is -2.38. The zero-order valence-electron chi connectivity index (χ0n) is 14.5. The first-order chi connectivity index (χ1) is 11.5. The Morgan fingerprint density at radius 2 is 2.04 bits per heavy atom. The summed E-state index contributed by atoms with van der Waals surface area (Å²) in [4.78, 5) is 24.2. The first kappa shape index (κ1) is 18.3. The molecule has 0 aromatic heterocycles. The van der Waals surface area contributed by atoms with Crippen LogP contribution >= 0.6 is 0 Å². The van der Waals surface area contributed by atoms with Crippen molar-refractivity contribution in [3.63, 3.8) is 0 Å². The third-order valence-corrected chi connectivity index (χ3v) is 4.58. The molecular weight excluding hydrogens is 306 g/mol. The van der Waals surface area contributed by atoms with Crippen LogP contribution in [0, 0.1) is 5.92 Å². The highest BCUT2D eigenvalue weighted by molar-refractivity contribution is 5.75. The maximum absolute atomic E-state index is 11.5. The van der Waals surface area contributed by atoms with Crippen molar-refractivity contribution in [2.45, 2.75) is 39.3 Å². The average molecular weight is 333 g/mol. The van der Waals surface area contributed by atoms with E-state index in [0.717, 1.165) is 38.0 Å². The zero-order chi connectivity index (χ0) is 17.5. The number of carbonyl (C=O) groups is 2. The number of primary amides is 1. The SMILES string of the molecule is CC[C@H]1CN(C(C)=O)CC[C@H]1NCc1ccc(OCC(N)=O)cc1. The van der Waals surface area contributed by atoms with Crippen molar-refractivity contribution in [2.75, 3.05) is 19.7 Å². The van der Waals surface area contributed by atoms with E-state index >= 15 is 0 Å². The Bertz CT molecular complexity index is 559. The lowest BCUT2D eigenvalue weighted by Crippen LogP contribution is -2.50. The number of piperidine rings is 1. The fourth-order valence-electron chi connectivity index (χ4n) is 3.11. The van der Waals surface area contributed by atoms with E-state index in [2.05, 4.69) is 12.2 Å². The molecule has 6 nitrogen and oxygen atoms in total. The molecule has 0 radical (unpaired) electrons. The fraction of sp³-hybridized carbons (Fsp3) is 0.556. The first-order valence-corrected chi connectivity index (χ1v) is 8.48. The summed E-state index contributed by atoms with van der Waals surface area (Å²) in [6.45, 7) is 6.14. The van der Waals surface area contributed by atoms with E-state index in [0.29, 0.717) is 17.7 Å². The van der Waals surface area contributed by atoms with E-state index in [9.17, 15) is 9.59 Å². The molecule has 3 N–H and O–H groups in total. The van der Waals surface area contributed by atoms with Crippen molar-refractivity contribution in [1.82, 2.24) is 10.2 Å². The number of rotatable bonds is 7. The Morgan fingerprint density at radius 1 is 1.33 bits per heavy atom. The predicted molar refractivity (Wildman–Crippen MR) is 92.4 cm³/mol. The summed E-state index contributed by atoms with van der Waals surface area (Å²) in [7, 11) is 0. The van der Waals surface area contributed by atoms with E-state index in [1.807, 2.05) is 29.2 Å². The molecule has 1 aromatic rings. The van der Waals surface area contributed by atoms with E-state index < -0.39 is 5.91 Å². The number of likely N-dealkylation sites (tertiary alicyclic amines) is 1. The molecule has 1 saturated heterocycles. The topological polar surface area (TPSA) is 84.7 Å². The molecule has 24 heavy (non-hydrogen) atoms. The quantitative estimate of drug-likeness (QED) is 0.787. The standard InChI is InChI=1S/C18H27N3O3/c1-3-15-11-21(13(2)22)9-8-17(15)20-10-14-4-6-16(7-5-14)24-12-18(19)23/h4-7,15,17,20H,3,8-12H2,1-2H3,(H2,19,23)/t15-,17+/m0/s1. The average Bonchev–Trinajstić information content (AvgIpc) is 2.58. The third kappa shape index (κ3) is 5.23. The van der Waals surface area contributed by atoms with Crippen molar-refractivity contribution >= 4 is 11.8 Å². The van der Waals surface area contributed by atoms with Crippen LogP contribution in [0.2, 0.25) is 0 Å². The second-order valence-electron chi connectivity index (χ2n) is 6.31. The molecule has 132 valence electrons. The fourth-order valence-corrected chi connectivity index (χ4v) is 3.11. The van der Waals surface area contributed by atoms with Gasteiger partial charge in [0.15, 0.2) is 6.61 Å². The first-order valence-electron chi connectivity index (χ1n) is 8.48. The summed E-state index contributed by atoms with van der Waals surface area (Å²) < 4.78 is 5.25. The van der Waals surface area contributed by atoms with Crippen LogP contribution in [0.5, 0.6) is 5.75 Å². The van der Waals surface area contributed by atoms with Crippen LogP contribution in [-0.4, -0.2) is 42.5 Å². The normalized spacial score (nSPS) is 20.7. The van der Waals surface area contributed by atoms with E-state index in [1.54, 1.807) is 6.92 Å². The molecule has 0 unspecified atom stereocenters. The lowest BCUT2D eigenvalue weighted by atomic mass is 9.89. The van der Waals surface area contributed by atoms with Crippen molar-refractivity contribution < 1.29 is 14.3 Å². The number of ether oxygens (including phenoxy) is 1. The number of benzene rings is 1. The summed E-state index contributed by atoms with van der Waals surface area (Å²) in [6, 6.07) is 8.08. The molecule has 2 amide bonds. The minimum absolute atomic E-state index is 0.107. The van der Waals surface area contributed by atoms with E-state index in [-0.39, 0.29) is 12.5 Å². The number of nitrogens with zero attached hydrogens (tertiary/aromatic N) is 1. The van der Waals surface area contributed by atoms with Gasteiger partial charge in [0.2, 0.25) is 5.91 Å². The minimum Gasteiger partial charge on any atom is -0.484 e. The number of carbonyl (C=O) groups excluding carboxylic acids is 2. The summed E-state index contributed by atoms with van der Waals surface area (Å²) in [6.07, 6.45) is 2.04. The summed E-state index contributed by atoms with van der Waals surface area (Å²) in [5, 5.41) is 3.62. The Kier molecular flexibility index (Phi) is 6.61. The van der Waals surface area contributed by atoms with Crippen molar-refractivity contribution in [3.8, 4) is 5.75 Å². The van der Waals surface area contributed by atoms with E-state index in [1.165, 1.54) is 0 Å². The van der Waals surface area contributed by atoms with Crippen LogP contribution in [0.4, 0.5) is 0 Å². The molecular formula is C18H27N3O3. The van der Waals surface area contributed by atoms with Gasteiger partial charge in [-0.05, 0) is 30.0 Å². The van der Waals surface area contributed by atoms with Crippen LogP contribution in [0.15, 0.2) is 24.3 Å². The lowest BCUT2D eigenvalue weighted by molar-refractivity contribution is -0.131. The molecule has 1 fully saturated rings. The molecule has 0 bridgehead atoms. The van der Waals surface area contributed by atoms with Crippen LogP contribution < -0.4 is 15.8 Å². The van der Waals surface area contributed by atoms with Gasteiger partial charge in [0.1, 0.15) is 5.75 Å². The van der Waals surface area contributed by atoms with Gasteiger partial charge in [0, 0.05) is 32.6 Å². The van der Waals surface area contributed by atoms with Crippen LogP contribution in [0.25, 0.3) is 0 Å². The van der Waals surface area contributed by atoms with Gasteiger partial charge in [-0.2, -0.15) is 0 Å². The highest BCUT2D eigenvalue weighted by atomic mass is 16.5. The van der Waals surface area contributed by atoms with Gasteiger partial charge in [0.05, 0.1) is 0 Å². The van der Waals surface area contributed by atoms with Gasteiger partial charge in [-0.25, -0.2) is 0 Å². The van der Waals surface area contributed by atoms with Crippen molar-refractivity contribution in [3.05, 3.63) is 29.8 Å². The predicted octanol–water partition coefficient (Wildman–Crippen LogP) is 1.29. The maximum Gasteiger partial charge on any atom is 0.255 e. The van der Waals surface area contributed by atoms with Crippen molar-refractivity contribution in [2.24, 2.45) is 11.7 Å². The summed E-state index contributed by atoms with van der Waals surface area (Å²) >= 11 is 0. The Labute approximate surface area is 143 Å². The number of nitrogens with one attached hydrogen (secondary N) is 1. The molecule has 1 aliphatic heterocycles. The Morgan fingerprint density at radius 3 is 2.62 bits per heavy atom. The van der Waals surface area contributed by atoms with Gasteiger partial charge in [0.25, 0.3) is 5.91 Å². The van der Waals surface area contributed by atoms with Crippen LogP contribution in [0.3, 0.4) is 0 Å². The third-order valence-electron chi connectivity index (χ3n) is 4.58. The van der Waals surface area contributed by atoms with Crippen molar-refractivity contribution in [1.29, 1.82) is 0 Å². The molecule has 6 heteroatoms.